The molecule has 0 aliphatic heterocycles. The van der Waals surface area contributed by atoms with E-state index in [0.29, 0.717) is 5.70 Å². The minimum absolute atomic E-state index is 0.180. The molecule has 0 aromatic heterocycles. The second-order valence-corrected chi connectivity index (χ2v) is 1.47. The predicted molar refractivity (Wildman–Crippen MR) is 34.6 cm³/mol. The molecule has 52 valence electrons. The first-order chi connectivity index (χ1) is 4.20. The summed E-state index contributed by atoms with van der Waals surface area (Å²) in [5.41, 5.74) is 0.331. The van der Waals surface area contributed by atoms with Crippen LogP contribution in [0.2, 0.25) is 0 Å². The second kappa shape index (κ2) is 4.05. The maximum absolute atomic E-state index is 8.38. The average Bonchev–Trinajstić information content (AvgIpc) is 1.87. The molecule has 0 aromatic rings. The van der Waals surface area contributed by atoms with Gasteiger partial charge in [-0.3, -0.25) is 0 Å². The van der Waals surface area contributed by atoms with Crippen molar-refractivity contribution in [2.75, 3.05) is 6.61 Å². The fourth-order valence-electron chi connectivity index (χ4n) is 0.284. The Kier molecular flexibility index (Phi) is 3.66. The number of aliphatic imine (C=N–C) groups is 1. The molecule has 0 bridgehead atoms. The van der Waals surface area contributed by atoms with Gasteiger partial charge in [-0.2, -0.15) is 5.90 Å². The highest BCUT2D eigenvalue weighted by molar-refractivity contribution is 5.73. The molecule has 0 aromatic carbocycles. The number of nitrogens with two attached hydrogens (primary N) is 1. The van der Waals surface area contributed by atoms with Crippen molar-refractivity contribution in [2.24, 2.45) is 10.9 Å². The lowest BCUT2D eigenvalue weighted by Crippen LogP contribution is -2.06. The van der Waals surface area contributed by atoms with Crippen LogP contribution in [-0.4, -0.2) is 17.6 Å². The van der Waals surface area contributed by atoms with Crippen molar-refractivity contribution in [1.82, 2.24) is 0 Å². The predicted octanol–water partition coefficient (Wildman–Crippen LogP) is -0.199. The first kappa shape index (κ1) is 8.13. The minimum Gasteiger partial charge on any atom is -0.396 e. The quantitative estimate of drug-likeness (QED) is 0.309. The lowest BCUT2D eigenvalue weighted by atomic mass is 10.5. The van der Waals surface area contributed by atoms with Gasteiger partial charge in [0.1, 0.15) is 0 Å². The van der Waals surface area contributed by atoms with Gasteiger partial charge in [0.15, 0.2) is 0 Å². The van der Waals surface area contributed by atoms with E-state index in [-0.39, 0.29) is 12.5 Å². The normalized spacial score (nSPS) is 11.2. The molecule has 0 heterocycles. The number of aliphatic hydroxyl groups excluding tert-OH is 1. The molecule has 4 heteroatoms. The number of nitrogens with zero attached hydrogens (tertiary/aromatic N) is 1. The highest BCUT2D eigenvalue weighted by Gasteiger charge is 1.88. The number of aliphatic hydroxyl groups is 1. The molecule has 3 N–H and O–H groups in total. The van der Waals surface area contributed by atoms with Gasteiger partial charge in [-0.15, -0.1) is 0 Å². The molecular formula is C5H10N2O2. The summed E-state index contributed by atoms with van der Waals surface area (Å²) < 4.78 is 0. The molecule has 4 nitrogen and oxygen atoms in total. The lowest BCUT2D eigenvalue weighted by molar-refractivity contribution is 0.310. The van der Waals surface area contributed by atoms with Gasteiger partial charge in [-0.1, -0.05) is 6.58 Å². The van der Waals surface area contributed by atoms with Gasteiger partial charge in [0.2, 0.25) is 5.90 Å². The van der Waals surface area contributed by atoms with E-state index < -0.39 is 0 Å². The molecule has 0 atom stereocenters. The third-order valence-electron chi connectivity index (χ3n) is 0.669. The molecule has 0 radical (unpaired) electrons. The zero-order valence-electron chi connectivity index (χ0n) is 5.29. The molecule has 0 aliphatic carbocycles. The van der Waals surface area contributed by atoms with E-state index in [9.17, 15) is 0 Å². The molecule has 0 saturated heterocycles. The van der Waals surface area contributed by atoms with Crippen LogP contribution in [0.4, 0.5) is 0 Å². The van der Waals surface area contributed by atoms with Gasteiger partial charge in [0, 0.05) is 6.92 Å². The van der Waals surface area contributed by atoms with Crippen LogP contribution in [0.15, 0.2) is 17.3 Å². The van der Waals surface area contributed by atoms with E-state index >= 15 is 0 Å². The topological polar surface area (TPSA) is 67.8 Å². The van der Waals surface area contributed by atoms with Crippen LogP contribution in [0, 0.1) is 0 Å². The summed E-state index contributed by atoms with van der Waals surface area (Å²) in [7, 11) is 0. The highest BCUT2D eigenvalue weighted by atomic mass is 16.6. The van der Waals surface area contributed by atoms with Crippen molar-refractivity contribution in [3.05, 3.63) is 12.3 Å². The van der Waals surface area contributed by atoms with E-state index in [1.54, 1.807) is 6.92 Å². The van der Waals surface area contributed by atoms with Gasteiger partial charge in [-0.05, 0) is 0 Å². The van der Waals surface area contributed by atoms with Gasteiger partial charge in [0.25, 0.3) is 0 Å². The van der Waals surface area contributed by atoms with Crippen molar-refractivity contribution < 1.29 is 9.94 Å². The molecular weight excluding hydrogens is 120 g/mol. The van der Waals surface area contributed by atoms with Crippen LogP contribution in [0.5, 0.6) is 0 Å². The zero-order chi connectivity index (χ0) is 7.28. The second-order valence-electron chi connectivity index (χ2n) is 1.47. The molecule has 9 heavy (non-hydrogen) atoms. The Morgan fingerprint density at radius 2 is 2.44 bits per heavy atom. The number of hydrogen-bond donors (Lipinski definition) is 2. The summed E-state index contributed by atoms with van der Waals surface area (Å²) in [5.74, 6) is 5.01. The Morgan fingerprint density at radius 1 is 1.89 bits per heavy atom. The van der Waals surface area contributed by atoms with Crippen molar-refractivity contribution in [3.8, 4) is 0 Å². The van der Waals surface area contributed by atoms with Crippen molar-refractivity contribution in [1.29, 1.82) is 0 Å². The van der Waals surface area contributed by atoms with Crippen LogP contribution < -0.4 is 5.90 Å². The number of hydrogen-bond acceptors (Lipinski definition) is 4. The maximum Gasteiger partial charge on any atom is 0.210 e. The summed E-state index contributed by atoms with van der Waals surface area (Å²) in [6, 6.07) is 0. The summed E-state index contributed by atoms with van der Waals surface area (Å²) in [6.07, 6.45) is 0. The molecule has 0 aliphatic rings. The molecule has 0 amide bonds. The van der Waals surface area contributed by atoms with Gasteiger partial charge in [0.05, 0.1) is 12.3 Å². The van der Waals surface area contributed by atoms with E-state index in [2.05, 4.69) is 16.4 Å². The third kappa shape index (κ3) is 3.69. The Hall–Kier alpha value is -0.870. The molecule has 0 rings (SSSR count). The van der Waals surface area contributed by atoms with Crippen LogP contribution >= 0.6 is 0 Å². The Bertz CT molecular complexity index is 131. The van der Waals surface area contributed by atoms with E-state index in [1.165, 1.54) is 0 Å². The summed E-state index contributed by atoms with van der Waals surface area (Å²) >= 11 is 0. The minimum atomic E-state index is -0.180. The standard InChI is InChI=1S/C5H10N2O2/c1-4(3-8)7-5(2)9-6/h8H,1,3,6H2,2H3. The van der Waals surface area contributed by atoms with Gasteiger partial charge in [-0.25, -0.2) is 4.99 Å². The first-order valence-corrected chi connectivity index (χ1v) is 2.41. The van der Waals surface area contributed by atoms with Crippen LogP contribution in [0.1, 0.15) is 6.92 Å². The first-order valence-electron chi connectivity index (χ1n) is 2.41. The summed E-state index contributed by atoms with van der Waals surface area (Å²) in [5, 5.41) is 8.38. The van der Waals surface area contributed by atoms with Crippen LogP contribution in [0.3, 0.4) is 0 Å². The Labute approximate surface area is 53.6 Å². The fraction of sp³-hybridized carbons (Fsp3) is 0.400. The highest BCUT2D eigenvalue weighted by Crippen LogP contribution is 1.89. The van der Waals surface area contributed by atoms with Crippen molar-refractivity contribution in [2.45, 2.75) is 6.92 Å². The smallest absolute Gasteiger partial charge is 0.210 e. The summed E-state index contributed by atoms with van der Waals surface area (Å²) in [6.45, 7) is 4.78. The average molecular weight is 130 g/mol. The monoisotopic (exact) mass is 130 g/mol. The maximum atomic E-state index is 8.38. The van der Waals surface area contributed by atoms with Crippen LogP contribution in [-0.2, 0) is 4.84 Å². The van der Waals surface area contributed by atoms with E-state index in [1.807, 2.05) is 0 Å². The zero-order valence-corrected chi connectivity index (χ0v) is 5.29. The van der Waals surface area contributed by atoms with Crippen LogP contribution in [0.25, 0.3) is 0 Å². The number of rotatable bonds is 2. The fourth-order valence-corrected chi connectivity index (χ4v) is 0.284. The molecule has 0 spiro atoms. The van der Waals surface area contributed by atoms with Gasteiger partial charge >= 0.3 is 0 Å². The SMILES string of the molecule is C=C(CO)N=C(C)ON. The molecule has 0 fully saturated rings. The van der Waals surface area contributed by atoms with E-state index in [0.717, 1.165) is 0 Å². The van der Waals surface area contributed by atoms with Crippen molar-refractivity contribution in [3.63, 3.8) is 0 Å². The van der Waals surface area contributed by atoms with Crippen molar-refractivity contribution >= 4 is 5.90 Å². The lowest BCUT2D eigenvalue weighted by Gasteiger charge is -1.95. The Balaban J connectivity index is 3.79. The Morgan fingerprint density at radius 3 is 2.78 bits per heavy atom. The molecule has 0 saturated carbocycles. The summed E-state index contributed by atoms with van der Waals surface area (Å²) in [4.78, 5) is 7.84. The van der Waals surface area contributed by atoms with Gasteiger partial charge < -0.3 is 9.94 Å². The molecule has 0 unspecified atom stereocenters. The largest absolute Gasteiger partial charge is 0.396 e. The third-order valence-corrected chi connectivity index (χ3v) is 0.669. The van der Waals surface area contributed by atoms with E-state index in [4.69, 9.17) is 11.0 Å².